The highest BCUT2D eigenvalue weighted by Gasteiger charge is 2.17. The molecule has 0 radical (unpaired) electrons. The van der Waals surface area contributed by atoms with Crippen LogP contribution in [0.25, 0.3) is 16.9 Å². The van der Waals surface area contributed by atoms with Crippen LogP contribution in [0.2, 0.25) is 0 Å². The quantitative estimate of drug-likeness (QED) is 0.457. The standard InChI is InChI=1S/C26H28N6O3/c1-33-24-15-20(3-4-22(24)31-9-12-34-13-10-31)29-25-26-28-6-8-32(26)17-21(30-25)18-2-5-23-19(14-18)16-27-7-11-35-23/h2-6,8,14-15,17,27H,7,9-13,16H2,1H3,(H,29,30). The van der Waals surface area contributed by atoms with Crippen molar-refractivity contribution in [3.8, 4) is 22.8 Å². The van der Waals surface area contributed by atoms with Gasteiger partial charge in [0.25, 0.3) is 0 Å². The first-order chi connectivity index (χ1) is 17.3. The number of fused-ring (bicyclic) bond motifs is 2. The summed E-state index contributed by atoms with van der Waals surface area (Å²) in [6, 6.07) is 12.4. The molecule has 9 nitrogen and oxygen atoms in total. The Morgan fingerprint density at radius 1 is 1.09 bits per heavy atom. The van der Waals surface area contributed by atoms with Gasteiger partial charge in [-0.15, -0.1) is 0 Å². The Morgan fingerprint density at radius 2 is 2.00 bits per heavy atom. The van der Waals surface area contributed by atoms with Crippen LogP contribution in [0.15, 0.2) is 55.0 Å². The fourth-order valence-electron chi connectivity index (χ4n) is 4.59. The molecule has 2 N–H and O–H groups in total. The van der Waals surface area contributed by atoms with Crippen LogP contribution in [-0.2, 0) is 11.3 Å². The molecule has 0 bridgehead atoms. The van der Waals surface area contributed by atoms with Crippen molar-refractivity contribution in [1.29, 1.82) is 0 Å². The number of hydrogen-bond donors (Lipinski definition) is 2. The van der Waals surface area contributed by atoms with Gasteiger partial charge in [-0.2, -0.15) is 0 Å². The van der Waals surface area contributed by atoms with Gasteiger partial charge in [-0.3, -0.25) is 0 Å². The summed E-state index contributed by atoms with van der Waals surface area (Å²) in [5.74, 6) is 2.41. The average Bonchev–Trinajstić information content (AvgIpc) is 3.26. The molecule has 180 valence electrons. The van der Waals surface area contributed by atoms with Gasteiger partial charge in [-0.1, -0.05) is 0 Å². The molecule has 4 heterocycles. The number of hydrogen-bond acceptors (Lipinski definition) is 8. The van der Waals surface area contributed by atoms with E-state index in [9.17, 15) is 0 Å². The number of nitrogens with zero attached hydrogens (tertiary/aromatic N) is 4. The van der Waals surface area contributed by atoms with Gasteiger partial charge in [0.1, 0.15) is 18.1 Å². The van der Waals surface area contributed by atoms with Crippen LogP contribution >= 0.6 is 0 Å². The number of anilines is 3. The minimum atomic E-state index is 0.674. The van der Waals surface area contributed by atoms with Gasteiger partial charge in [0.05, 0.1) is 31.7 Å². The molecule has 0 aliphatic carbocycles. The summed E-state index contributed by atoms with van der Waals surface area (Å²) in [4.78, 5) is 11.8. The molecule has 0 spiro atoms. The number of nitrogens with one attached hydrogen (secondary N) is 2. The Labute approximate surface area is 203 Å². The molecule has 2 aliphatic rings. The highest BCUT2D eigenvalue weighted by Crippen LogP contribution is 2.34. The van der Waals surface area contributed by atoms with Crippen LogP contribution in [-0.4, -0.2) is 60.9 Å². The third kappa shape index (κ3) is 4.36. The third-order valence-electron chi connectivity index (χ3n) is 6.38. The fourth-order valence-corrected chi connectivity index (χ4v) is 4.59. The van der Waals surface area contributed by atoms with Crippen molar-refractivity contribution in [2.75, 3.05) is 56.8 Å². The highest BCUT2D eigenvalue weighted by atomic mass is 16.5. The van der Waals surface area contributed by atoms with Crippen molar-refractivity contribution in [3.05, 3.63) is 60.6 Å². The number of imidazole rings is 1. The second kappa shape index (κ2) is 9.44. The summed E-state index contributed by atoms with van der Waals surface area (Å²) < 4.78 is 19.0. The van der Waals surface area contributed by atoms with E-state index in [2.05, 4.69) is 38.7 Å². The molecule has 35 heavy (non-hydrogen) atoms. The number of benzene rings is 2. The fraction of sp³-hybridized carbons (Fsp3) is 0.308. The van der Waals surface area contributed by atoms with Gasteiger partial charge >= 0.3 is 0 Å². The molecule has 0 unspecified atom stereocenters. The first-order valence-electron chi connectivity index (χ1n) is 11.9. The molecule has 4 aromatic rings. The van der Waals surface area contributed by atoms with Gasteiger partial charge in [-0.05, 0) is 30.3 Å². The van der Waals surface area contributed by atoms with Crippen molar-refractivity contribution in [2.24, 2.45) is 0 Å². The Morgan fingerprint density at radius 3 is 2.89 bits per heavy atom. The van der Waals surface area contributed by atoms with Crippen molar-refractivity contribution < 1.29 is 14.2 Å². The molecule has 0 saturated carbocycles. The summed E-state index contributed by atoms with van der Waals surface area (Å²) in [7, 11) is 1.70. The number of ether oxygens (including phenoxy) is 3. The van der Waals surface area contributed by atoms with E-state index in [1.54, 1.807) is 13.3 Å². The van der Waals surface area contributed by atoms with Gasteiger partial charge in [-0.25, -0.2) is 9.97 Å². The maximum atomic E-state index is 5.84. The summed E-state index contributed by atoms with van der Waals surface area (Å²) in [6.45, 7) is 5.44. The molecular formula is C26H28N6O3. The minimum absolute atomic E-state index is 0.674. The molecule has 2 aliphatic heterocycles. The average molecular weight is 473 g/mol. The molecular weight excluding hydrogens is 444 g/mol. The van der Waals surface area contributed by atoms with Gasteiger partial charge in [0.2, 0.25) is 0 Å². The Balaban J connectivity index is 1.34. The lowest BCUT2D eigenvalue weighted by molar-refractivity contribution is 0.122. The lowest BCUT2D eigenvalue weighted by atomic mass is 10.1. The molecule has 2 aromatic heterocycles. The lowest BCUT2D eigenvalue weighted by Crippen LogP contribution is -2.36. The summed E-state index contributed by atoms with van der Waals surface area (Å²) in [5, 5.41) is 6.86. The zero-order chi connectivity index (χ0) is 23.6. The van der Waals surface area contributed by atoms with E-state index in [1.807, 2.05) is 35.0 Å². The van der Waals surface area contributed by atoms with Crippen molar-refractivity contribution >= 4 is 22.8 Å². The molecule has 0 atom stereocenters. The molecule has 1 fully saturated rings. The minimum Gasteiger partial charge on any atom is -0.495 e. The first kappa shape index (κ1) is 21.7. The molecule has 1 saturated heterocycles. The van der Waals surface area contributed by atoms with Crippen molar-refractivity contribution in [2.45, 2.75) is 6.54 Å². The number of morpholine rings is 1. The lowest BCUT2D eigenvalue weighted by Gasteiger charge is -2.30. The van der Waals surface area contributed by atoms with Gasteiger partial charge in [0.15, 0.2) is 11.5 Å². The van der Waals surface area contributed by atoms with E-state index >= 15 is 0 Å². The molecule has 0 amide bonds. The molecule has 6 rings (SSSR count). The van der Waals surface area contributed by atoms with Gasteiger partial charge in [0, 0.05) is 67.7 Å². The predicted octanol–water partition coefficient (Wildman–Crippen LogP) is 3.47. The maximum Gasteiger partial charge on any atom is 0.180 e. The molecule has 9 heteroatoms. The van der Waals surface area contributed by atoms with Crippen LogP contribution in [0.1, 0.15) is 5.56 Å². The van der Waals surface area contributed by atoms with Crippen LogP contribution in [0, 0.1) is 0 Å². The zero-order valence-electron chi connectivity index (χ0n) is 19.7. The van der Waals surface area contributed by atoms with E-state index < -0.39 is 0 Å². The Kier molecular flexibility index (Phi) is 5.85. The van der Waals surface area contributed by atoms with Crippen LogP contribution in [0.3, 0.4) is 0 Å². The third-order valence-corrected chi connectivity index (χ3v) is 6.38. The number of rotatable bonds is 5. The van der Waals surface area contributed by atoms with Crippen LogP contribution in [0.4, 0.5) is 17.2 Å². The van der Waals surface area contributed by atoms with E-state index in [-0.39, 0.29) is 0 Å². The normalized spacial score (nSPS) is 15.9. The van der Waals surface area contributed by atoms with Crippen molar-refractivity contribution in [1.82, 2.24) is 19.7 Å². The second-order valence-electron chi connectivity index (χ2n) is 8.59. The van der Waals surface area contributed by atoms with E-state index in [4.69, 9.17) is 19.2 Å². The summed E-state index contributed by atoms with van der Waals surface area (Å²) in [5.41, 5.74) is 5.70. The summed E-state index contributed by atoms with van der Waals surface area (Å²) in [6.07, 6.45) is 5.72. The van der Waals surface area contributed by atoms with E-state index in [1.165, 1.54) is 0 Å². The first-order valence-corrected chi connectivity index (χ1v) is 11.9. The number of aromatic nitrogens is 3. The highest BCUT2D eigenvalue weighted by molar-refractivity contribution is 5.76. The maximum absolute atomic E-state index is 5.84. The van der Waals surface area contributed by atoms with E-state index in [0.717, 1.165) is 84.7 Å². The summed E-state index contributed by atoms with van der Waals surface area (Å²) >= 11 is 0. The number of methoxy groups -OCH3 is 1. The zero-order valence-corrected chi connectivity index (χ0v) is 19.7. The van der Waals surface area contributed by atoms with E-state index in [0.29, 0.717) is 12.4 Å². The monoisotopic (exact) mass is 472 g/mol. The Bertz CT molecular complexity index is 1350. The van der Waals surface area contributed by atoms with Crippen molar-refractivity contribution in [3.63, 3.8) is 0 Å². The van der Waals surface area contributed by atoms with Crippen LogP contribution < -0.4 is 25.0 Å². The smallest absolute Gasteiger partial charge is 0.180 e. The second-order valence-corrected chi connectivity index (χ2v) is 8.59. The largest absolute Gasteiger partial charge is 0.495 e. The van der Waals surface area contributed by atoms with Crippen LogP contribution in [0.5, 0.6) is 11.5 Å². The topological polar surface area (TPSA) is 85.2 Å². The predicted molar refractivity (Wildman–Crippen MR) is 135 cm³/mol. The molecule has 2 aromatic carbocycles. The van der Waals surface area contributed by atoms with Gasteiger partial charge < -0.3 is 34.1 Å². The Hall–Kier alpha value is -3.82. The SMILES string of the molecule is COc1cc(Nc2nc(-c3ccc4c(c3)CNCCO4)cn3ccnc23)ccc1N1CCOCC1.